The summed E-state index contributed by atoms with van der Waals surface area (Å²) in [7, 11) is 0. The quantitative estimate of drug-likeness (QED) is 0.557. The number of nitrogens with one attached hydrogen (secondary N) is 1. The summed E-state index contributed by atoms with van der Waals surface area (Å²) in [6.45, 7) is 2.05. The van der Waals surface area contributed by atoms with Crippen LogP contribution in [0.2, 0.25) is 10.0 Å². The Bertz CT molecular complexity index is 932. The molecule has 0 aliphatic heterocycles. The molecule has 7 heteroatoms. The number of hydrogen-bond donors (Lipinski definition) is 1. The molecule has 1 saturated carbocycles. The van der Waals surface area contributed by atoms with Crippen LogP contribution in [0.15, 0.2) is 42.5 Å². The lowest BCUT2D eigenvalue weighted by molar-refractivity contribution is -0.141. The number of benzene rings is 2. The van der Waals surface area contributed by atoms with E-state index in [1.165, 1.54) is 11.0 Å². The van der Waals surface area contributed by atoms with Gasteiger partial charge in [-0.25, -0.2) is 4.39 Å². The second kappa shape index (κ2) is 11.0. The van der Waals surface area contributed by atoms with Crippen molar-refractivity contribution in [2.24, 2.45) is 0 Å². The van der Waals surface area contributed by atoms with Crippen LogP contribution in [0.5, 0.6) is 0 Å². The highest BCUT2D eigenvalue weighted by molar-refractivity contribution is 6.42. The Morgan fingerprint density at radius 2 is 1.84 bits per heavy atom. The minimum absolute atomic E-state index is 0.124. The molecule has 0 spiro atoms. The maximum atomic E-state index is 14.2. The van der Waals surface area contributed by atoms with Gasteiger partial charge in [-0.3, -0.25) is 9.59 Å². The molecule has 0 heterocycles. The van der Waals surface area contributed by atoms with Crippen molar-refractivity contribution in [3.8, 4) is 0 Å². The zero-order chi connectivity index (χ0) is 22.4. The van der Waals surface area contributed by atoms with E-state index in [9.17, 15) is 14.0 Å². The van der Waals surface area contributed by atoms with Gasteiger partial charge in [-0.05, 0) is 48.6 Å². The zero-order valence-corrected chi connectivity index (χ0v) is 19.1. The lowest BCUT2D eigenvalue weighted by Gasteiger charge is -2.31. The van der Waals surface area contributed by atoms with E-state index in [0.717, 1.165) is 31.2 Å². The maximum absolute atomic E-state index is 14.2. The molecule has 1 atom stereocenters. The molecule has 0 radical (unpaired) electrons. The number of hydrogen-bond acceptors (Lipinski definition) is 2. The van der Waals surface area contributed by atoms with Crippen LogP contribution in [0.4, 0.5) is 4.39 Å². The summed E-state index contributed by atoms with van der Waals surface area (Å²) in [6.07, 6.45) is 4.43. The largest absolute Gasteiger partial charge is 0.352 e. The molecule has 2 aromatic rings. The van der Waals surface area contributed by atoms with Gasteiger partial charge in [-0.1, -0.05) is 67.2 Å². The molecule has 166 valence electrons. The number of carbonyl (C=O) groups is 2. The molecule has 2 amide bonds. The Morgan fingerprint density at radius 1 is 1.13 bits per heavy atom. The molecule has 1 N–H and O–H groups in total. The number of nitrogens with zero attached hydrogens (tertiary/aromatic N) is 1. The summed E-state index contributed by atoms with van der Waals surface area (Å²) in [4.78, 5) is 27.9. The molecule has 0 bridgehead atoms. The molecule has 3 rings (SSSR count). The number of carbonyl (C=O) groups excluding carboxylic acids is 2. The minimum Gasteiger partial charge on any atom is -0.352 e. The first-order valence-electron chi connectivity index (χ1n) is 10.7. The van der Waals surface area contributed by atoms with Crippen molar-refractivity contribution in [3.63, 3.8) is 0 Å². The third kappa shape index (κ3) is 6.20. The van der Waals surface area contributed by atoms with Crippen LogP contribution in [0.3, 0.4) is 0 Å². The van der Waals surface area contributed by atoms with Crippen molar-refractivity contribution in [3.05, 3.63) is 69.5 Å². The molecule has 4 nitrogen and oxygen atoms in total. The fourth-order valence-electron chi connectivity index (χ4n) is 4.03. The van der Waals surface area contributed by atoms with Crippen molar-refractivity contribution < 1.29 is 14.0 Å². The summed E-state index contributed by atoms with van der Waals surface area (Å²) in [5.74, 6) is -0.922. The molecule has 0 unspecified atom stereocenters. The van der Waals surface area contributed by atoms with E-state index in [4.69, 9.17) is 23.2 Å². The summed E-state index contributed by atoms with van der Waals surface area (Å²) in [5, 5.41) is 3.89. The summed E-state index contributed by atoms with van der Waals surface area (Å²) in [5.41, 5.74) is 1.06. The van der Waals surface area contributed by atoms with Gasteiger partial charge in [0.05, 0.1) is 16.5 Å². The van der Waals surface area contributed by atoms with Crippen molar-refractivity contribution in [2.75, 3.05) is 0 Å². The highest BCUT2D eigenvalue weighted by Gasteiger charge is 2.31. The van der Waals surface area contributed by atoms with E-state index in [1.807, 2.05) is 6.92 Å². The van der Waals surface area contributed by atoms with Crippen LogP contribution in [-0.2, 0) is 22.6 Å². The van der Waals surface area contributed by atoms with E-state index in [0.29, 0.717) is 22.0 Å². The van der Waals surface area contributed by atoms with E-state index in [-0.39, 0.29) is 30.8 Å². The topological polar surface area (TPSA) is 49.4 Å². The van der Waals surface area contributed by atoms with Gasteiger partial charge < -0.3 is 10.2 Å². The van der Waals surface area contributed by atoms with Crippen molar-refractivity contribution >= 4 is 35.0 Å². The van der Waals surface area contributed by atoms with E-state index in [2.05, 4.69) is 5.32 Å². The van der Waals surface area contributed by atoms with Crippen LogP contribution in [0, 0.1) is 5.82 Å². The summed E-state index contributed by atoms with van der Waals surface area (Å²) in [6, 6.07) is 10.8. The van der Waals surface area contributed by atoms with Crippen molar-refractivity contribution in [1.29, 1.82) is 0 Å². The van der Waals surface area contributed by atoms with E-state index < -0.39 is 11.9 Å². The molecule has 1 fully saturated rings. The number of rotatable bonds is 8. The highest BCUT2D eigenvalue weighted by atomic mass is 35.5. The van der Waals surface area contributed by atoms with Gasteiger partial charge in [-0.15, -0.1) is 0 Å². The van der Waals surface area contributed by atoms with Crippen molar-refractivity contribution in [1.82, 2.24) is 10.2 Å². The van der Waals surface area contributed by atoms with Crippen LogP contribution in [-0.4, -0.2) is 28.8 Å². The van der Waals surface area contributed by atoms with Gasteiger partial charge in [0.1, 0.15) is 11.9 Å². The number of halogens is 3. The third-order valence-electron chi connectivity index (χ3n) is 5.72. The first-order valence-corrected chi connectivity index (χ1v) is 11.4. The van der Waals surface area contributed by atoms with Gasteiger partial charge >= 0.3 is 0 Å². The van der Waals surface area contributed by atoms with Gasteiger partial charge in [0, 0.05) is 12.6 Å². The zero-order valence-electron chi connectivity index (χ0n) is 17.5. The second-order valence-electron chi connectivity index (χ2n) is 7.95. The molecule has 31 heavy (non-hydrogen) atoms. The first kappa shape index (κ1) is 23.6. The molecular formula is C24H27Cl2FN2O2. The van der Waals surface area contributed by atoms with E-state index >= 15 is 0 Å². The average molecular weight is 465 g/mol. The molecule has 0 aromatic heterocycles. The Balaban J connectivity index is 1.85. The van der Waals surface area contributed by atoms with Gasteiger partial charge in [0.15, 0.2) is 0 Å². The van der Waals surface area contributed by atoms with Crippen LogP contribution < -0.4 is 5.32 Å². The van der Waals surface area contributed by atoms with Crippen LogP contribution in [0.25, 0.3) is 0 Å². The smallest absolute Gasteiger partial charge is 0.243 e. The van der Waals surface area contributed by atoms with Gasteiger partial charge in [0.2, 0.25) is 11.8 Å². The third-order valence-corrected chi connectivity index (χ3v) is 6.46. The Morgan fingerprint density at radius 3 is 2.48 bits per heavy atom. The Kier molecular flexibility index (Phi) is 8.33. The Labute approximate surface area is 192 Å². The summed E-state index contributed by atoms with van der Waals surface area (Å²) >= 11 is 12.2. The predicted molar refractivity (Wildman–Crippen MR) is 122 cm³/mol. The predicted octanol–water partition coefficient (Wildman–Crippen LogP) is 5.54. The van der Waals surface area contributed by atoms with E-state index in [1.54, 1.807) is 36.4 Å². The van der Waals surface area contributed by atoms with Crippen molar-refractivity contribution in [2.45, 2.75) is 64.1 Å². The lowest BCUT2D eigenvalue weighted by Crippen LogP contribution is -2.51. The second-order valence-corrected chi connectivity index (χ2v) is 8.77. The number of amides is 2. The van der Waals surface area contributed by atoms with Crippen LogP contribution >= 0.6 is 23.2 Å². The average Bonchev–Trinajstić information content (AvgIpc) is 3.25. The fourth-order valence-corrected chi connectivity index (χ4v) is 4.35. The molecular weight excluding hydrogens is 438 g/mol. The molecule has 2 aromatic carbocycles. The molecule has 0 saturated heterocycles. The minimum atomic E-state index is -0.658. The first-order chi connectivity index (χ1) is 14.9. The maximum Gasteiger partial charge on any atom is 0.243 e. The van der Waals surface area contributed by atoms with Crippen LogP contribution in [0.1, 0.15) is 50.2 Å². The van der Waals surface area contributed by atoms with Gasteiger partial charge in [-0.2, -0.15) is 0 Å². The monoisotopic (exact) mass is 464 g/mol. The fraction of sp³-hybridized carbons (Fsp3) is 0.417. The lowest BCUT2D eigenvalue weighted by atomic mass is 10.1. The molecule has 1 aliphatic carbocycles. The summed E-state index contributed by atoms with van der Waals surface area (Å²) < 4.78 is 14.2. The Hall–Kier alpha value is -2.11. The molecule has 1 aliphatic rings. The standard InChI is InChI=1S/C24H27Cl2FN2O2/c1-2-22(24(31)28-18-8-4-5-9-18)29(15-16-11-12-19(25)20(26)13-16)23(30)14-17-7-3-6-10-21(17)27/h3,6-7,10-13,18,22H,2,4-5,8-9,14-15H2,1H3,(H,28,31)/t22-/m0/s1. The van der Waals surface area contributed by atoms with Gasteiger partial charge in [0.25, 0.3) is 0 Å². The highest BCUT2D eigenvalue weighted by Crippen LogP contribution is 2.25. The SMILES string of the molecule is CC[C@@H](C(=O)NC1CCCC1)N(Cc1ccc(Cl)c(Cl)c1)C(=O)Cc1ccccc1F. The normalized spacial score (nSPS) is 15.0.